The number of rotatable bonds is 7. The monoisotopic (exact) mass is 301 g/mol. The molecule has 0 aliphatic heterocycles. The molecule has 6 nitrogen and oxygen atoms in total. The van der Waals surface area contributed by atoms with Gasteiger partial charge in [-0.25, -0.2) is 4.79 Å². The van der Waals surface area contributed by atoms with Gasteiger partial charge in [0.05, 0.1) is 7.11 Å². The van der Waals surface area contributed by atoms with E-state index in [1.165, 1.54) is 13.3 Å². The van der Waals surface area contributed by atoms with E-state index in [2.05, 4.69) is 22.3 Å². The molecule has 0 fully saturated rings. The quantitative estimate of drug-likeness (QED) is 0.349. The predicted molar refractivity (Wildman–Crippen MR) is 83.0 cm³/mol. The molecule has 1 aromatic carbocycles. The smallest absolute Gasteiger partial charge is 0.350 e. The number of methoxy groups -OCH3 is 1. The first kappa shape index (κ1) is 17.2. The third-order valence-electron chi connectivity index (χ3n) is 2.85. The summed E-state index contributed by atoms with van der Waals surface area (Å²) in [5.41, 5.74) is 0.950. The number of nitrogens with one attached hydrogen (secondary N) is 2. The average Bonchev–Trinajstić information content (AvgIpc) is 2.55. The normalized spacial score (nSPS) is 10.5. The third kappa shape index (κ3) is 5.29. The predicted octanol–water partition coefficient (Wildman–Crippen LogP) is 2.21. The zero-order valence-electron chi connectivity index (χ0n) is 12.7. The molecule has 116 valence electrons. The van der Waals surface area contributed by atoms with Crippen LogP contribution in [0.5, 0.6) is 0 Å². The summed E-state index contributed by atoms with van der Waals surface area (Å²) in [5.74, 6) is -0.877. The Hall–Kier alpha value is -2.81. The van der Waals surface area contributed by atoms with Gasteiger partial charge in [0.15, 0.2) is 5.57 Å². The van der Waals surface area contributed by atoms with E-state index in [0.29, 0.717) is 17.8 Å². The van der Waals surface area contributed by atoms with E-state index in [1.54, 1.807) is 30.3 Å². The molecule has 0 unspecified atom stereocenters. The number of benzene rings is 1. The van der Waals surface area contributed by atoms with Gasteiger partial charge in [0.1, 0.15) is 6.07 Å². The molecule has 0 atom stereocenters. The summed E-state index contributed by atoms with van der Waals surface area (Å²) in [7, 11) is 1.20. The van der Waals surface area contributed by atoms with Gasteiger partial charge in [0, 0.05) is 24.0 Å². The number of anilines is 1. The van der Waals surface area contributed by atoms with Gasteiger partial charge in [-0.3, -0.25) is 4.79 Å². The Kier molecular flexibility index (Phi) is 7.20. The van der Waals surface area contributed by atoms with Gasteiger partial charge < -0.3 is 15.4 Å². The van der Waals surface area contributed by atoms with Crippen molar-refractivity contribution in [2.75, 3.05) is 19.0 Å². The number of ether oxygens (including phenoxy) is 1. The fourth-order valence-electron chi connectivity index (χ4n) is 1.63. The van der Waals surface area contributed by atoms with Crippen LogP contribution in [0.3, 0.4) is 0 Å². The minimum Gasteiger partial charge on any atom is -0.465 e. The third-order valence-corrected chi connectivity index (χ3v) is 2.85. The van der Waals surface area contributed by atoms with E-state index >= 15 is 0 Å². The van der Waals surface area contributed by atoms with Gasteiger partial charge in [-0.15, -0.1) is 0 Å². The van der Waals surface area contributed by atoms with Crippen LogP contribution in [0.25, 0.3) is 0 Å². The highest BCUT2D eigenvalue weighted by Gasteiger charge is 2.08. The molecule has 2 N–H and O–H groups in total. The van der Waals surface area contributed by atoms with Crippen molar-refractivity contribution in [2.24, 2.45) is 0 Å². The Morgan fingerprint density at radius 3 is 2.82 bits per heavy atom. The molecule has 0 heterocycles. The van der Waals surface area contributed by atoms with E-state index in [0.717, 1.165) is 12.8 Å². The van der Waals surface area contributed by atoms with Gasteiger partial charge in [-0.1, -0.05) is 19.4 Å². The number of esters is 1. The van der Waals surface area contributed by atoms with E-state index in [-0.39, 0.29) is 11.5 Å². The summed E-state index contributed by atoms with van der Waals surface area (Å²) >= 11 is 0. The van der Waals surface area contributed by atoms with Crippen LogP contribution >= 0.6 is 0 Å². The zero-order valence-corrected chi connectivity index (χ0v) is 12.7. The van der Waals surface area contributed by atoms with Crippen LogP contribution < -0.4 is 10.6 Å². The van der Waals surface area contributed by atoms with Gasteiger partial charge in [0.2, 0.25) is 0 Å². The largest absolute Gasteiger partial charge is 0.465 e. The Labute approximate surface area is 129 Å². The van der Waals surface area contributed by atoms with Crippen LogP contribution in [0.1, 0.15) is 30.1 Å². The number of nitrogens with zero attached hydrogens (tertiary/aromatic N) is 1. The second-order valence-corrected chi connectivity index (χ2v) is 4.50. The molecule has 6 heteroatoms. The van der Waals surface area contributed by atoms with Crippen molar-refractivity contribution < 1.29 is 14.3 Å². The number of hydrogen-bond donors (Lipinski definition) is 2. The molecule has 0 aliphatic carbocycles. The molecule has 0 aliphatic rings. The van der Waals surface area contributed by atoms with Crippen LogP contribution in [0, 0.1) is 11.3 Å². The fourth-order valence-corrected chi connectivity index (χ4v) is 1.63. The topological polar surface area (TPSA) is 91.2 Å². The molecule has 0 spiro atoms. The maximum Gasteiger partial charge on any atom is 0.350 e. The van der Waals surface area contributed by atoms with E-state index in [9.17, 15) is 9.59 Å². The van der Waals surface area contributed by atoms with Crippen molar-refractivity contribution >= 4 is 17.6 Å². The fraction of sp³-hybridized carbons (Fsp3) is 0.312. The summed E-state index contributed by atoms with van der Waals surface area (Å²) in [4.78, 5) is 23.2. The summed E-state index contributed by atoms with van der Waals surface area (Å²) in [6, 6.07) is 8.52. The van der Waals surface area contributed by atoms with E-state index in [4.69, 9.17) is 5.26 Å². The number of amides is 1. The van der Waals surface area contributed by atoms with Gasteiger partial charge in [-0.05, 0) is 24.6 Å². The molecule has 0 bridgehead atoms. The second-order valence-electron chi connectivity index (χ2n) is 4.50. The lowest BCUT2D eigenvalue weighted by molar-refractivity contribution is -0.135. The Morgan fingerprint density at radius 2 is 2.18 bits per heavy atom. The van der Waals surface area contributed by atoms with Crippen LogP contribution in [-0.2, 0) is 9.53 Å². The zero-order chi connectivity index (χ0) is 16.4. The molecule has 1 rings (SSSR count). The summed E-state index contributed by atoms with van der Waals surface area (Å²) in [6.07, 6.45) is 3.19. The van der Waals surface area contributed by atoms with Crippen molar-refractivity contribution in [3.8, 4) is 6.07 Å². The van der Waals surface area contributed by atoms with Crippen LogP contribution in [-0.4, -0.2) is 25.5 Å². The first-order chi connectivity index (χ1) is 10.6. The lowest BCUT2D eigenvalue weighted by Crippen LogP contribution is -2.24. The SMILES string of the molecule is CCCCNC(=O)c1cccc(N/C=C(/C#N)C(=O)OC)c1. The molecule has 0 radical (unpaired) electrons. The number of hydrogen-bond acceptors (Lipinski definition) is 5. The number of nitriles is 1. The standard InChI is InChI=1S/C16H19N3O3/c1-3-4-8-18-15(20)12-6-5-7-14(9-12)19-11-13(10-17)16(21)22-2/h5-7,9,11,19H,3-4,8H2,1-2H3,(H,18,20)/b13-11-. The van der Waals surface area contributed by atoms with Crippen LogP contribution in [0.4, 0.5) is 5.69 Å². The first-order valence-electron chi connectivity index (χ1n) is 6.95. The Morgan fingerprint density at radius 1 is 1.41 bits per heavy atom. The molecule has 0 saturated heterocycles. The molecule has 0 saturated carbocycles. The van der Waals surface area contributed by atoms with Gasteiger partial charge >= 0.3 is 5.97 Å². The first-order valence-corrected chi connectivity index (χ1v) is 6.95. The molecular weight excluding hydrogens is 282 g/mol. The second kappa shape index (κ2) is 9.19. The highest BCUT2D eigenvalue weighted by molar-refractivity contribution is 5.95. The van der Waals surface area contributed by atoms with E-state index in [1.807, 2.05) is 0 Å². The van der Waals surface area contributed by atoms with Crippen molar-refractivity contribution in [1.82, 2.24) is 5.32 Å². The van der Waals surface area contributed by atoms with Gasteiger partial charge in [0.25, 0.3) is 5.91 Å². The molecular formula is C16H19N3O3. The van der Waals surface area contributed by atoms with Crippen LogP contribution in [0.2, 0.25) is 0 Å². The lowest BCUT2D eigenvalue weighted by Gasteiger charge is -2.07. The minimum absolute atomic E-state index is 0.152. The van der Waals surface area contributed by atoms with Crippen molar-refractivity contribution in [2.45, 2.75) is 19.8 Å². The molecule has 0 aromatic heterocycles. The number of unbranched alkanes of at least 4 members (excludes halogenated alkanes) is 1. The van der Waals surface area contributed by atoms with Crippen molar-refractivity contribution in [1.29, 1.82) is 5.26 Å². The number of carbonyl (C=O) groups excluding carboxylic acids is 2. The Bertz CT molecular complexity index is 603. The maximum absolute atomic E-state index is 11.9. The van der Waals surface area contributed by atoms with Crippen LogP contribution in [0.15, 0.2) is 36.0 Å². The van der Waals surface area contributed by atoms with Crippen molar-refractivity contribution in [3.05, 3.63) is 41.6 Å². The average molecular weight is 301 g/mol. The molecule has 1 aromatic rings. The van der Waals surface area contributed by atoms with Gasteiger partial charge in [-0.2, -0.15) is 5.26 Å². The summed E-state index contributed by atoms with van der Waals surface area (Å²) < 4.78 is 4.47. The molecule has 1 amide bonds. The lowest BCUT2D eigenvalue weighted by atomic mass is 10.2. The van der Waals surface area contributed by atoms with E-state index < -0.39 is 5.97 Å². The highest BCUT2D eigenvalue weighted by Crippen LogP contribution is 2.11. The summed E-state index contributed by atoms with van der Waals surface area (Å²) in [6.45, 7) is 2.69. The summed E-state index contributed by atoms with van der Waals surface area (Å²) in [5, 5.41) is 14.5. The molecule has 22 heavy (non-hydrogen) atoms. The number of carbonyl (C=O) groups is 2. The minimum atomic E-state index is -0.719. The Balaban J connectivity index is 2.76. The maximum atomic E-state index is 11.9. The highest BCUT2D eigenvalue weighted by atomic mass is 16.5. The van der Waals surface area contributed by atoms with Crippen molar-refractivity contribution in [3.63, 3.8) is 0 Å².